The lowest BCUT2D eigenvalue weighted by molar-refractivity contribution is -0.147. The largest absolute Gasteiger partial charge is 0.480 e. The third kappa shape index (κ3) is 34.4. The van der Waals surface area contributed by atoms with Crippen LogP contribution in [-0.2, 0) is 23.9 Å². The van der Waals surface area contributed by atoms with E-state index in [1.807, 2.05) is 0 Å². The Kier molecular flexibility index (Phi) is 36.1. The molecule has 0 aliphatic heterocycles. The highest BCUT2D eigenvalue weighted by Gasteiger charge is 2.18. The number of nitrogens with one attached hydrogen (secondary N) is 2. The van der Waals surface area contributed by atoms with Crippen LogP contribution in [0.5, 0.6) is 0 Å². The Morgan fingerprint density at radius 2 is 1.10 bits per heavy atom. The number of rotatable bonds is 38. The first kappa shape index (κ1) is 49.3. The van der Waals surface area contributed by atoms with Gasteiger partial charge in [0.1, 0.15) is 12.1 Å². The van der Waals surface area contributed by atoms with Crippen LogP contribution in [0.15, 0.2) is 24.3 Å². The van der Waals surface area contributed by atoms with E-state index in [2.05, 4.69) is 48.8 Å². The van der Waals surface area contributed by atoms with Crippen LogP contribution in [0, 0.1) is 0 Å². The zero-order valence-corrected chi connectivity index (χ0v) is 33.3. The van der Waals surface area contributed by atoms with Gasteiger partial charge in [0.15, 0.2) is 0 Å². The monoisotopic (exact) mass is 735 g/mol. The Hall–Kier alpha value is -2.68. The van der Waals surface area contributed by atoms with Crippen molar-refractivity contribution >= 4 is 23.8 Å². The van der Waals surface area contributed by atoms with Gasteiger partial charge in [0.25, 0.3) is 0 Å². The Balaban J connectivity index is 4.28. The summed E-state index contributed by atoms with van der Waals surface area (Å²) in [4.78, 5) is 47.4. The lowest BCUT2D eigenvalue weighted by Gasteiger charge is -2.15. The molecule has 0 rings (SSSR count). The number of carbonyl (C=O) groups excluding carboxylic acids is 3. The second-order valence-corrected chi connectivity index (χ2v) is 14.4. The predicted molar refractivity (Wildman–Crippen MR) is 213 cm³/mol. The molecule has 0 saturated heterocycles. The van der Waals surface area contributed by atoms with Gasteiger partial charge in [-0.3, -0.25) is 14.4 Å². The Morgan fingerprint density at radius 3 is 1.63 bits per heavy atom. The summed E-state index contributed by atoms with van der Waals surface area (Å²) in [7, 11) is 0. The van der Waals surface area contributed by atoms with Crippen LogP contribution in [-0.4, -0.2) is 59.3 Å². The third-order valence-electron chi connectivity index (χ3n) is 9.44. The van der Waals surface area contributed by atoms with Crippen LogP contribution in [0.25, 0.3) is 0 Å². The molecule has 2 unspecified atom stereocenters. The van der Waals surface area contributed by atoms with Crippen LogP contribution in [0.4, 0.5) is 0 Å². The fourth-order valence-corrected chi connectivity index (χ4v) is 6.13. The van der Waals surface area contributed by atoms with Crippen LogP contribution in [0.2, 0.25) is 0 Å². The molecule has 0 aliphatic carbocycles. The maximum atomic E-state index is 12.7. The van der Waals surface area contributed by atoms with Crippen molar-refractivity contribution in [2.75, 3.05) is 13.2 Å². The molecule has 0 fully saturated rings. The van der Waals surface area contributed by atoms with Gasteiger partial charge in [-0.1, -0.05) is 160 Å². The molecule has 0 bridgehead atoms. The van der Waals surface area contributed by atoms with Crippen molar-refractivity contribution < 1.29 is 34.1 Å². The van der Waals surface area contributed by atoms with Gasteiger partial charge in [-0.15, -0.1) is 0 Å². The molecule has 0 aromatic heterocycles. The van der Waals surface area contributed by atoms with Crippen LogP contribution < -0.4 is 10.6 Å². The molecule has 0 aromatic carbocycles. The number of aliphatic hydroxyl groups excluding tert-OH is 1. The van der Waals surface area contributed by atoms with Crippen LogP contribution >= 0.6 is 0 Å². The number of hydrogen-bond donors (Lipinski definition) is 4. The second-order valence-electron chi connectivity index (χ2n) is 14.4. The minimum Gasteiger partial charge on any atom is -0.480 e. The van der Waals surface area contributed by atoms with Crippen molar-refractivity contribution in [1.29, 1.82) is 0 Å². The van der Waals surface area contributed by atoms with Gasteiger partial charge in [0, 0.05) is 12.8 Å². The topological polar surface area (TPSA) is 142 Å². The molecule has 0 radical (unpaired) electrons. The lowest BCUT2D eigenvalue weighted by Crippen LogP contribution is -2.47. The summed E-state index contributed by atoms with van der Waals surface area (Å²) in [6, 6.07) is -1.38. The van der Waals surface area contributed by atoms with Gasteiger partial charge in [-0.25, -0.2) is 4.79 Å². The van der Waals surface area contributed by atoms with E-state index in [-0.39, 0.29) is 24.5 Å². The SMILES string of the molecule is CCCCCC/C=C\C/C=C\C(CCCCCCCCC(=O)NCC(=O)NC(CO)C(=O)O)OC(=O)CCCCCCCCCCCCCCCC. The number of hydrogen-bond acceptors (Lipinski definition) is 6. The van der Waals surface area contributed by atoms with Gasteiger partial charge in [-0.05, 0) is 51.0 Å². The number of aliphatic hydroxyl groups is 1. The van der Waals surface area contributed by atoms with E-state index in [0.717, 1.165) is 64.2 Å². The second kappa shape index (κ2) is 38.1. The minimum atomic E-state index is -1.38. The molecule has 9 nitrogen and oxygen atoms in total. The minimum absolute atomic E-state index is 0.0917. The summed E-state index contributed by atoms with van der Waals surface area (Å²) >= 11 is 0. The third-order valence-corrected chi connectivity index (χ3v) is 9.44. The number of carboxylic acids is 1. The van der Waals surface area contributed by atoms with Crippen molar-refractivity contribution in [3.8, 4) is 0 Å². The fraction of sp³-hybridized carbons (Fsp3) is 0.814. The molecule has 0 saturated carbocycles. The summed E-state index contributed by atoms with van der Waals surface area (Å²) < 4.78 is 5.92. The number of carbonyl (C=O) groups is 4. The molecule has 4 N–H and O–H groups in total. The highest BCUT2D eigenvalue weighted by molar-refractivity contribution is 5.87. The highest BCUT2D eigenvalue weighted by Crippen LogP contribution is 2.16. The fourth-order valence-electron chi connectivity index (χ4n) is 6.13. The molecular weight excluding hydrogens is 656 g/mol. The van der Waals surface area contributed by atoms with E-state index in [9.17, 15) is 19.2 Å². The molecule has 0 heterocycles. The maximum absolute atomic E-state index is 12.7. The van der Waals surface area contributed by atoms with E-state index < -0.39 is 24.5 Å². The van der Waals surface area contributed by atoms with Crippen molar-refractivity contribution in [2.45, 2.75) is 212 Å². The van der Waals surface area contributed by atoms with E-state index in [4.69, 9.17) is 14.9 Å². The van der Waals surface area contributed by atoms with Crippen LogP contribution in [0.1, 0.15) is 200 Å². The molecule has 9 heteroatoms. The standard InChI is InChI=1S/C43H78N2O7/c1-3-5-7-9-11-13-14-15-16-17-19-21-27-31-35-42(49)52-38(32-28-24-20-18-12-10-8-6-4-2)33-29-25-22-23-26-30-34-40(47)44-36-41(48)45-39(37-46)43(50)51/h18,20,28,32,38-39,46H,3-17,19,21-27,29-31,33-37H2,1-2H3,(H,44,47)(H,45,48)(H,50,51)/b20-18-,32-28-. The van der Waals surface area contributed by atoms with Gasteiger partial charge in [0.2, 0.25) is 11.8 Å². The quantitative estimate of drug-likeness (QED) is 0.0281. The number of amides is 2. The summed E-state index contributed by atoms with van der Waals surface area (Å²) in [5, 5.41) is 22.5. The summed E-state index contributed by atoms with van der Waals surface area (Å²) in [6.45, 7) is 3.46. The smallest absolute Gasteiger partial charge is 0.328 e. The van der Waals surface area contributed by atoms with Gasteiger partial charge in [0.05, 0.1) is 13.2 Å². The van der Waals surface area contributed by atoms with Crippen LogP contribution in [0.3, 0.4) is 0 Å². The van der Waals surface area contributed by atoms with Crippen molar-refractivity contribution in [3.05, 3.63) is 24.3 Å². The molecule has 2 atom stereocenters. The first-order valence-electron chi connectivity index (χ1n) is 21.2. The number of carboxylic acid groups (broad SMARTS) is 1. The number of ether oxygens (including phenoxy) is 1. The number of allylic oxidation sites excluding steroid dienone is 3. The molecular formula is C43H78N2O7. The van der Waals surface area contributed by atoms with E-state index in [1.165, 1.54) is 103 Å². The average molecular weight is 735 g/mol. The number of aliphatic carboxylic acids is 1. The number of unbranched alkanes of at least 4 members (excludes halogenated alkanes) is 22. The first-order valence-corrected chi connectivity index (χ1v) is 21.2. The Labute approximate surface area is 317 Å². The van der Waals surface area contributed by atoms with Crippen molar-refractivity contribution in [3.63, 3.8) is 0 Å². The van der Waals surface area contributed by atoms with Crippen molar-refractivity contribution in [2.24, 2.45) is 0 Å². The number of esters is 1. The predicted octanol–water partition coefficient (Wildman–Crippen LogP) is 10.0. The van der Waals surface area contributed by atoms with Gasteiger partial charge < -0.3 is 25.6 Å². The zero-order valence-electron chi connectivity index (χ0n) is 33.3. The molecule has 0 aromatic rings. The normalized spacial score (nSPS) is 12.7. The first-order chi connectivity index (χ1) is 25.3. The molecule has 52 heavy (non-hydrogen) atoms. The van der Waals surface area contributed by atoms with E-state index in [1.54, 1.807) is 0 Å². The van der Waals surface area contributed by atoms with Gasteiger partial charge >= 0.3 is 11.9 Å². The average Bonchev–Trinajstić information content (AvgIpc) is 3.13. The zero-order chi connectivity index (χ0) is 38.3. The van der Waals surface area contributed by atoms with Crippen molar-refractivity contribution in [1.82, 2.24) is 10.6 Å². The lowest BCUT2D eigenvalue weighted by atomic mass is 10.0. The Morgan fingerprint density at radius 1 is 0.596 bits per heavy atom. The maximum Gasteiger partial charge on any atom is 0.328 e. The van der Waals surface area contributed by atoms with E-state index in [0.29, 0.717) is 19.3 Å². The Bertz CT molecular complexity index is 936. The molecule has 302 valence electrons. The van der Waals surface area contributed by atoms with Gasteiger partial charge in [-0.2, -0.15) is 0 Å². The highest BCUT2D eigenvalue weighted by atomic mass is 16.5. The summed E-state index contributed by atoms with van der Waals surface area (Å²) in [6.07, 6.45) is 40.8. The summed E-state index contributed by atoms with van der Waals surface area (Å²) in [5.41, 5.74) is 0. The summed E-state index contributed by atoms with van der Waals surface area (Å²) in [5.74, 6) is -2.34. The molecule has 0 aliphatic rings. The molecule has 2 amide bonds. The van der Waals surface area contributed by atoms with E-state index >= 15 is 0 Å². The molecule has 0 spiro atoms.